The number of benzene rings is 1. The van der Waals surface area contributed by atoms with Crippen LogP contribution in [0.25, 0.3) is 11.4 Å². The first-order valence-electron chi connectivity index (χ1n) is 5.88. The van der Waals surface area contributed by atoms with Gasteiger partial charge in [-0.25, -0.2) is 9.07 Å². The Kier molecular flexibility index (Phi) is 3.75. The maximum absolute atomic E-state index is 14.1. The van der Waals surface area contributed by atoms with Gasteiger partial charge in [-0.05, 0) is 42.0 Å². The molecule has 7 heteroatoms. The van der Waals surface area contributed by atoms with Crippen LogP contribution in [0.1, 0.15) is 12.5 Å². The van der Waals surface area contributed by atoms with Crippen molar-refractivity contribution in [2.75, 3.05) is 12.8 Å². The lowest BCUT2D eigenvalue weighted by atomic mass is 10.1. The van der Waals surface area contributed by atoms with E-state index < -0.39 is 0 Å². The number of ether oxygens (including phenoxy) is 1. The van der Waals surface area contributed by atoms with E-state index in [0.29, 0.717) is 29.2 Å². The highest BCUT2D eigenvalue weighted by atomic mass is 19.1. The Labute approximate surface area is 110 Å². The van der Waals surface area contributed by atoms with Gasteiger partial charge in [-0.15, -0.1) is 5.10 Å². The molecule has 2 aromatic rings. The smallest absolute Gasteiger partial charge is 0.185 e. The Balaban J connectivity index is 2.45. The van der Waals surface area contributed by atoms with Crippen molar-refractivity contribution in [2.45, 2.75) is 26.5 Å². The van der Waals surface area contributed by atoms with E-state index >= 15 is 0 Å². The predicted octanol–water partition coefficient (Wildman–Crippen LogP) is 1.40. The van der Waals surface area contributed by atoms with Gasteiger partial charge in [0, 0.05) is 12.8 Å². The molecule has 102 valence electrons. The number of hydrogen-bond donors (Lipinski definition) is 1. The summed E-state index contributed by atoms with van der Waals surface area (Å²) in [4.78, 5) is 0. The van der Waals surface area contributed by atoms with Crippen LogP contribution in [0.5, 0.6) is 0 Å². The molecule has 0 aliphatic carbocycles. The van der Waals surface area contributed by atoms with Gasteiger partial charge < -0.3 is 10.5 Å². The number of nitrogens with two attached hydrogens (primary N) is 1. The van der Waals surface area contributed by atoms with Crippen LogP contribution < -0.4 is 5.73 Å². The first kappa shape index (κ1) is 13.4. The normalized spacial score (nSPS) is 12.6. The van der Waals surface area contributed by atoms with Gasteiger partial charge in [0.25, 0.3) is 0 Å². The molecule has 0 saturated heterocycles. The van der Waals surface area contributed by atoms with Crippen molar-refractivity contribution < 1.29 is 9.13 Å². The fourth-order valence-electron chi connectivity index (χ4n) is 1.80. The quantitative estimate of drug-likeness (QED) is 0.845. The summed E-state index contributed by atoms with van der Waals surface area (Å²) in [6, 6.07) is 3.10. The van der Waals surface area contributed by atoms with Gasteiger partial charge in [0.05, 0.1) is 18.2 Å². The van der Waals surface area contributed by atoms with Crippen LogP contribution in [0.3, 0.4) is 0 Å². The Morgan fingerprint density at radius 3 is 2.89 bits per heavy atom. The second kappa shape index (κ2) is 5.31. The average Bonchev–Trinajstić information content (AvgIpc) is 2.81. The van der Waals surface area contributed by atoms with Crippen molar-refractivity contribution in [3.8, 4) is 11.4 Å². The number of nitrogens with zero attached hydrogens (tertiary/aromatic N) is 4. The van der Waals surface area contributed by atoms with Crippen molar-refractivity contribution >= 4 is 5.69 Å². The summed E-state index contributed by atoms with van der Waals surface area (Å²) in [5, 5.41) is 11.3. The summed E-state index contributed by atoms with van der Waals surface area (Å²) in [6.07, 6.45) is -0.0764. The highest BCUT2D eigenvalue weighted by molar-refractivity contribution is 5.63. The summed E-state index contributed by atoms with van der Waals surface area (Å²) in [5.74, 6) is -0.0212. The number of aromatic nitrogens is 4. The number of methoxy groups -OCH3 is 1. The maximum Gasteiger partial charge on any atom is 0.185 e. The van der Waals surface area contributed by atoms with E-state index in [9.17, 15) is 4.39 Å². The standard InChI is InChI=1S/C12H16FN5O/c1-7-4-9(14)5-10(11(7)13)12-15-16-17-18(12)6-8(2)19-3/h4-5,8H,6,14H2,1-3H3. The molecule has 2 rings (SSSR count). The van der Waals surface area contributed by atoms with Gasteiger partial charge >= 0.3 is 0 Å². The molecule has 0 radical (unpaired) electrons. The number of hydrogen-bond acceptors (Lipinski definition) is 5. The Bertz CT molecular complexity index is 583. The number of aryl methyl sites for hydroxylation is 1. The molecule has 0 spiro atoms. The molecular weight excluding hydrogens is 249 g/mol. The molecule has 2 N–H and O–H groups in total. The summed E-state index contributed by atoms with van der Waals surface area (Å²) < 4.78 is 20.8. The highest BCUT2D eigenvalue weighted by Gasteiger charge is 2.17. The largest absolute Gasteiger partial charge is 0.399 e. The van der Waals surface area contributed by atoms with Gasteiger partial charge in [0.15, 0.2) is 5.82 Å². The lowest BCUT2D eigenvalue weighted by molar-refractivity contribution is 0.0997. The third kappa shape index (κ3) is 2.70. The van der Waals surface area contributed by atoms with Crippen molar-refractivity contribution in [3.05, 3.63) is 23.5 Å². The maximum atomic E-state index is 14.1. The number of nitrogen functional groups attached to an aromatic ring is 1. The zero-order valence-electron chi connectivity index (χ0n) is 11.1. The molecule has 1 heterocycles. The molecule has 0 saturated carbocycles. The van der Waals surface area contributed by atoms with E-state index in [1.807, 2.05) is 6.92 Å². The molecule has 6 nitrogen and oxygen atoms in total. The van der Waals surface area contributed by atoms with Gasteiger partial charge in [-0.3, -0.25) is 0 Å². The molecule has 0 aliphatic heterocycles. The minimum Gasteiger partial charge on any atom is -0.399 e. The topological polar surface area (TPSA) is 78.8 Å². The lowest BCUT2D eigenvalue weighted by Crippen LogP contribution is -2.17. The monoisotopic (exact) mass is 265 g/mol. The van der Waals surface area contributed by atoms with Crippen LogP contribution in [0, 0.1) is 12.7 Å². The minimum absolute atomic E-state index is 0.0764. The molecule has 1 aromatic heterocycles. The summed E-state index contributed by atoms with van der Waals surface area (Å²) in [6.45, 7) is 3.97. The molecule has 19 heavy (non-hydrogen) atoms. The van der Waals surface area contributed by atoms with Crippen LogP contribution in [0.2, 0.25) is 0 Å². The van der Waals surface area contributed by atoms with E-state index in [1.54, 1.807) is 20.1 Å². The van der Waals surface area contributed by atoms with Gasteiger partial charge in [-0.1, -0.05) is 0 Å². The molecule has 0 amide bonds. The predicted molar refractivity (Wildman–Crippen MR) is 68.8 cm³/mol. The van der Waals surface area contributed by atoms with E-state index in [1.165, 1.54) is 10.7 Å². The third-order valence-corrected chi connectivity index (χ3v) is 2.88. The van der Waals surface area contributed by atoms with Crippen LogP contribution in [-0.2, 0) is 11.3 Å². The van der Waals surface area contributed by atoms with Crippen LogP contribution >= 0.6 is 0 Å². The van der Waals surface area contributed by atoms with E-state index in [-0.39, 0.29) is 11.9 Å². The summed E-state index contributed by atoms with van der Waals surface area (Å²) in [7, 11) is 1.60. The molecule has 1 atom stereocenters. The Morgan fingerprint density at radius 1 is 1.47 bits per heavy atom. The highest BCUT2D eigenvalue weighted by Crippen LogP contribution is 2.25. The molecule has 1 aromatic carbocycles. The van der Waals surface area contributed by atoms with E-state index in [4.69, 9.17) is 10.5 Å². The SMILES string of the molecule is COC(C)Cn1nnnc1-c1cc(N)cc(C)c1F. The Hall–Kier alpha value is -2.02. The molecule has 0 fully saturated rings. The number of halogens is 1. The Morgan fingerprint density at radius 2 is 2.21 bits per heavy atom. The van der Waals surface area contributed by atoms with Gasteiger partial charge in [-0.2, -0.15) is 0 Å². The van der Waals surface area contributed by atoms with Crippen LogP contribution in [-0.4, -0.2) is 33.4 Å². The fourth-order valence-corrected chi connectivity index (χ4v) is 1.80. The van der Waals surface area contributed by atoms with Crippen molar-refractivity contribution in [1.82, 2.24) is 20.2 Å². The van der Waals surface area contributed by atoms with Crippen LogP contribution in [0.4, 0.5) is 10.1 Å². The number of rotatable bonds is 4. The molecular formula is C12H16FN5O. The van der Waals surface area contributed by atoms with Gasteiger partial charge in [0.2, 0.25) is 0 Å². The second-order valence-electron chi connectivity index (χ2n) is 4.43. The molecule has 0 aliphatic rings. The third-order valence-electron chi connectivity index (χ3n) is 2.88. The lowest BCUT2D eigenvalue weighted by Gasteiger charge is -2.11. The molecule has 0 bridgehead atoms. The first-order chi connectivity index (χ1) is 9.02. The average molecular weight is 265 g/mol. The van der Waals surface area contributed by atoms with Gasteiger partial charge in [0.1, 0.15) is 5.82 Å². The van der Waals surface area contributed by atoms with Crippen molar-refractivity contribution in [1.29, 1.82) is 0 Å². The van der Waals surface area contributed by atoms with Crippen molar-refractivity contribution in [3.63, 3.8) is 0 Å². The van der Waals surface area contributed by atoms with Crippen LogP contribution in [0.15, 0.2) is 12.1 Å². The number of anilines is 1. The zero-order valence-corrected chi connectivity index (χ0v) is 11.1. The zero-order chi connectivity index (χ0) is 14.0. The first-order valence-corrected chi connectivity index (χ1v) is 5.88. The minimum atomic E-state index is -0.365. The summed E-state index contributed by atoms with van der Waals surface area (Å²) in [5.41, 5.74) is 6.98. The summed E-state index contributed by atoms with van der Waals surface area (Å²) >= 11 is 0. The molecule has 1 unspecified atom stereocenters. The van der Waals surface area contributed by atoms with E-state index in [0.717, 1.165) is 0 Å². The number of tetrazole rings is 1. The fraction of sp³-hybridized carbons (Fsp3) is 0.417. The van der Waals surface area contributed by atoms with Crippen molar-refractivity contribution in [2.24, 2.45) is 0 Å². The second-order valence-corrected chi connectivity index (χ2v) is 4.43. The van der Waals surface area contributed by atoms with E-state index in [2.05, 4.69) is 15.5 Å².